The summed E-state index contributed by atoms with van der Waals surface area (Å²) in [7, 11) is 0. The number of aromatic amines is 1. The van der Waals surface area contributed by atoms with E-state index in [1.54, 1.807) is 22.6 Å². The van der Waals surface area contributed by atoms with Crippen LogP contribution in [0.2, 0.25) is 0 Å². The summed E-state index contributed by atoms with van der Waals surface area (Å²) in [5.41, 5.74) is -0.742. The summed E-state index contributed by atoms with van der Waals surface area (Å²) >= 11 is 4.52. The average Bonchev–Trinajstić information content (AvgIpc) is 1.97. The van der Waals surface area contributed by atoms with E-state index >= 15 is 0 Å². The third-order valence-electron chi connectivity index (χ3n) is 1.24. The highest BCUT2D eigenvalue weighted by molar-refractivity contribution is 14.1. The number of nitrogens with one attached hydrogen (secondary N) is 1. The first-order valence-corrected chi connectivity index (χ1v) is 4.76. The van der Waals surface area contributed by atoms with Crippen molar-refractivity contribution in [3.63, 3.8) is 0 Å². The van der Waals surface area contributed by atoms with Gasteiger partial charge in [0.2, 0.25) is 0 Å². The van der Waals surface area contributed by atoms with Crippen LogP contribution in [-0.2, 0) is 0 Å². The van der Waals surface area contributed by atoms with Crippen LogP contribution >= 0.6 is 38.5 Å². The molecule has 0 radical (unpaired) electrons. The molecule has 1 N–H and O–H groups in total. The molecule has 0 saturated carbocycles. The first-order valence-electron chi connectivity index (χ1n) is 2.88. The van der Waals surface area contributed by atoms with Gasteiger partial charge >= 0.3 is 0 Å². The first kappa shape index (κ1) is 10.1. The molecule has 0 saturated heterocycles. The molecule has 6 heteroatoms. The van der Waals surface area contributed by atoms with Crippen LogP contribution < -0.4 is 5.56 Å². The van der Waals surface area contributed by atoms with Gasteiger partial charge in [-0.25, -0.2) is 8.78 Å². The number of pyridine rings is 1. The Bertz CT molecular complexity index is 352. The standard InChI is InChI=1S/C6H3BrF2INO/c7-2-1-11-6(12)4(10)3(2)5(8)9/h1,5H,(H,11,12). The summed E-state index contributed by atoms with van der Waals surface area (Å²) in [5.74, 6) is 0. The maximum atomic E-state index is 12.3. The zero-order chi connectivity index (χ0) is 9.30. The Morgan fingerprint density at radius 2 is 2.17 bits per heavy atom. The third kappa shape index (κ3) is 1.85. The van der Waals surface area contributed by atoms with E-state index in [1.165, 1.54) is 6.20 Å². The molecule has 0 aromatic carbocycles. The molecule has 1 rings (SSSR count). The SMILES string of the molecule is O=c1[nH]cc(Br)c(C(F)F)c1I. The molecule has 12 heavy (non-hydrogen) atoms. The second kappa shape index (κ2) is 3.82. The van der Waals surface area contributed by atoms with Crippen molar-refractivity contribution in [2.45, 2.75) is 6.43 Å². The van der Waals surface area contributed by atoms with Crippen LogP contribution in [0.25, 0.3) is 0 Å². The summed E-state index contributed by atoms with van der Waals surface area (Å²) in [4.78, 5) is 13.2. The number of rotatable bonds is 1. The lowest BCUT2D eigenvalue weighted by Gasteiger charge is -2.03. The Hall–Kier alpha value is 0.0200. The fourth-order valence-corrected chi connectivity index (χ4v) is 2.24. The van der Waals surface area contributed by atoms with Crippen molar-refractivity contribution < 1.29 is 8.78 Å². The average molecular weight is 350 g/mol. The van der Waals surface area contributed by atoms with Crippen molar-refractivity contribution in [3.8, 4) is 0 Å². The van der Waals surface area contributed by atoms with Gasteiger partial charge in [-0.1, -0.05) is 0 Å². The predicted molar refractivity (Wildman–Crippen MR) is 52.4 cm³/mol. The fourth-order valence-electron chi connectivity index (χ4n) is 0.697. The molecule has 2 nitrogen and oxygen atoms in total. The van der Waals surface area contributed by atoms with Gasteiger partial charge in [-0.3, -0.25) is 4.79 Å². The van der Waals surface area contributed by atoms with Crippen molar-refractivity contribution >= 4 is 38.5 Å². The number of halogens is 4. The lowest BCUT2D eigenvalue weighted by Crippen LogP contribution is -2.12. The van der Waals surface area contributed by atoms with Gasteiger partial charge in [0.05, 0.1) is 9.13 Å². The minimum atomic E-state index is -2.63. The number of H-pyrrole nitrogens is 1. The van der Waals surface area contributed by atoms with Crippen LogP contribution in [0, 0.1) is 3.57 Å². The summed E-state index contributed by atoms with van der Waals surface area (Å²) in [6, 6.07) is 0. The Morgan fingerprint density at radius 1 is 1.58 bits per heavy atom. The second-order valence-corrected chi connectivity index (χ2v) is 3.93. The third-order valence-corrected chi connectivity index (χ3v) is 2.97. The van der Waals surface area contributed by atoms with Crippen molar-refractivity contribution in [2.24, 2.45) is 0 Å². The van der Waals surface area contributed by atoms with E-state index in [4.69, 9.17) is 0 Å². The molecule has 0 aliphatic rings. The van der Waals surface area contributed by atoms with Crippen LogP contribution in [-0.4, -0.2) is 4.98 Å². The second-order valence-electron chi connectivity index (χ2n) is 1.99. The Morgan fingerprint density at radius 3 is 2.58 bits per heavy atom. The topological polar surface area (TPSA) is 32.9 Å². The van der Waals surface area contributed by atoms with Crippen LogP contribution in [0.5, 0.6) is 0 Å². The van der Waals surface area contributed by atoms with Crippen molar-refractivity contribution in [1.82, 2.24) is 4.98 Å². The number of alkyl halides is 2. The minimum Gasteiger partial charge on any atom is -0.327 e. The largest absolute Gasteiger partial charge is 0.327 e. The van der Waals surface area contributed by atoms with Crippen LogP contribution in [0.1, 0.15) is 12.0 Å². The summed E-state index contributed by atoms with van der Waals surface area (Å²) in [5, 5.41) is 0. The van der Waals surface area contributed by atoms with Gasteiger partial charge in [0, 0.05) is 10.7 Å². The first-order chi connectivity index (χ1) is 5.54. The molecule has 0 spiro atoms. The molecule has 1 aromatic rings. The molecule has 0 atom stereocenters. The highest BCUT2D eigenvalue weighted by Gasteiger charge is 2.17. The molecule has 0 fully saturated rings. The van der Waals surface area contributed by atoms with E-state index in [-0.39, 0.29) is 13.6 Å². The summed E-state index contributed by atoms with van der Waals surface area (Å²) in [6.07, 6.45) is -1.42. The van der Waals surface area contributed by atoms with Crippen LogP contribution in [0.4, 0.5) is 8.78 Å². The molecule has 66 valence electrons. The molecule has 0 bridgehead atoms. The number of hydrogen-bond acceptors (Lipinski definition) is 1. The van der Waals surface area contributed by atoms with Gasteiger partial charge in [-0.05, 0) is 38.5 Å². The maximum Gasteiger partial charge on any atom is 0.266 e. The normalized spacial score (nSPS) is 10.8. The predicted octanol–water partition coefficient (Wildman–Crippen LogP) is 2.68. The van der Waals surface area contributed by atoms with Gasteiger partial charge in [-0.15, -0.1) is 0 Å². The zero-order valence-corrected chi connectivity index (χ0v) is 9.32. The fraction of sp³-hybridized carbons (Fsp3) is 0.167. The quantitative estimate of drug-likeness (QED) is 0.777. The molecule has 1 heterocycles. The van der Waals surface area contributed by atoms with E-state index in [0.717, 1.165) is 0 Å². The molecular weight excluding hydrogens is 347 g/mol. The van der Waals surface area contributed by atoms with Gasteiger partial charge < -0.3 is 4.98 Å². The minimum absolute atomic E-state index is 0.0250. The molecule has 0 amide bonds. The lowest BCUT2D eigenvalue weighted by molar-refractivity contribution is 0.149. The molecule has 0 aliphatic heterocycles. The van der Waals surface area contributed by atoms with Gasteiger partial charge in [0.15, 0.2) is 0 Å². The number of aromatic nitrogens is 1. The van der Waals surface area contributed by atoms with E-state index in [2.05, 4.69) is 20.9 Å². The highest BCUT2D eigenvalue weighted by atomic mass is 127. The maximum absolute atomic E-state index is 12.3. The van der Waals surface area contributed by atoms with Gasteiger partial charge in [-0.2, -0.15) is 0 Å². The van der Waals surface area contributed by atoms with Gasteiger partial charge in [0.1, 0.15) is 0 Å². The lowest BCUT2D eigenvalue weighted by atomic mass is 10.3. The Balaban J connectivity index is 3.43. The summed E-state index contributed by atoms with van der Waals surface area (Å²) in [6.45, 7) is 0. The van der Waals surface area contributed by atoms with Crippen molar-refractivity contribution in [1.29, 1.82) is 0 Å². The number of hydrogen-bond donors (Lipinski definition) is 1. The molecule has 0 unspecified atom stereocenters. The van der Waals surface area contributed by atoms with E-state index in [9.17, 15) is 13.6 Å². The smallest absolute Gasteiger partial charge is 0.266 e. The van der Waals surface area contributed by atoms with Crippen LogP contribution in [0.3, 0.4) is 0 Å². The van der Waals surface area contributed by atoms with Crippen molar-refractivity contribution in [2.75, 3.05) is 0 Å². The monoisotopic (exact) mass is 349 g/mol. The zero-order valence-electron chi connectivity index (χ0n) is 5.57. The van der Waals surface area contributed by atoms with E-state index in [1.807, 2.05) is 0 Å². The molecule has 0 aliphatic carbocycles. The molecular formula is C6H3BrF2INO. The van der Waals surface area contributed by atoms with E-state index in [0.29, 0.717) is 0 Å². The molecule has 1 aromatic heterocycles. The Kier molecular flexibility index (Phi) is 3.22. The van der Waals surface area contributed by atoms with E-state index < -0.39 is 12.0 Å². The highest BCUT2D eigenvalue weighted by Crippen LogP contribution is 2.28. The van der Waals surface area contributed by atoms with Crippen LogP contribution in [0.15, 0.2) is 15.5 Å². The van der Waals surface area contributed by atoms with Crippen molar-refractivity contribution in [3.05, 3.63) is 30.2 Å². The van der Waals surface area contributed by atoms with Gasteiger partial charge in [0.25, 0.3) is 12.0 Å². The summed E-state index contributed by atoms with van der Waals surface area (Å²) < 4.78 is 24.8. The Labute approximate surface area is 88.6 Å².